The molecule has 98 valence electrons. The number of rotatable bonds is 7. The molecule has 0 bridgehead atoms. The predicted octanol–water partition coefficient (Wildman–Crippen LogP) is 3.76. The Morgan fingerprint density at radius 3 is 2.89 bits per heavy atom. The van der Waals surface area contributed by atoms with Crippen LogP contribution >= 0.6 is 46.2 Å². The van der Waals surface area contributed by atoms with Crippen molar-refractivity contribution in [1.82, 2.24) is 15.5 Å². The Morgan fingerprint density at radius 1 is 1.39 bits per heavy atom. The van der Waals surface area contributed by atoms with Crippen LogP contribution in [0.5, 0.6) is 0 Å². The molecule has 0 saturated carbocycles. The van der Waals surface area contributed by atoms with Gasteiger partial charge in [-0.15, -0.1) is 21.5 Å². The van der Waals surface area contributed by atoms with Gasteiger partial charge in [0, 0.05) is 23.2 Å². The molecule has 0 saturated heterocycles. The zero-order chi connectivity index (χ0) is 12.8. The van der Waals surface area contributed by atoms with Gasteiger partial charge in [-0.05, 0) is 24.6 Å². The molecule has 2 rings (SSSR count). The van der Waals surface area contributed by atoms with E-state index in [1.807, 2.05) is 6.26 Å². The maximum atomic E-state index is 4.14. The number of nitrogens with zero attached hydrogens (tertiary/aromatic N) is 2. The van der Waals surface area contributed by atoms with Gasteiger partial charge in [-0.25, -0.2) is 0 Å². The van der Waals surface area contributed by atoms with Crippen molar-refractivity contribution in [1.29, 1.82) is 0 Å². The molecule has 0 aliphatic carbocycles. The minimum atomic E-state index is 0.432. The second-order valence-electron chi connectivity index (χ2n) is 3.58. The van der Waals surface area contributed by atoms with Crippen LogP contribution in [0, 0.1) is 0 Å². The molecule has 0 aliphatic heterocycles. The number of thioether (sulfide) groups is 2. The molecule has 3 nitrogen and oxygen atoms in total. The molecule has 2 heterocycles. The van der Waals surface area contributed by atoms with E-state index in [-0.39, 0.29) is 0 Å². The summed E-state index contributed by atoms with van der Waals surface area (Å²) in [6, 6.07) is 4.70. The molecule has 0 fully saturated rings. The van der Waals surface area contributed by atoms with Crippen LogP contribution in [0.4, 0.5) is 0 Å². The van der Waals surface area contributed by atoms with Gasteiger partial charge in [0.15, 0.2) is 8.68 Å². The third-order valence-electron chi connectivity index (χ3n) is 2.31. The lowest BCUT2D eigenvalue weighted by atomic mass is 10.3. The van der Waals surface area contributed by atoms with E-state index in [0.29, 0.717) is 6.04 Å². The van der Waals surface area contributed by atoms with E-state index in [0.717, 1.165) is 21.0 Å². The number of nitrogens with one attached hydrogen (secondary N) is 1. The average molecular weight is 318 g/mol. The predicted molar refractivity (Wildman–Crippen MR) is 83.2 cm³/mol. The Kier molecular flexibility index (Phi) is 5.97. The lowest BCUT2D eigenvalue weighted by Crippen LogP contribution is -2.20. The van der Waals surface area contributed by atoms with Crippen LogP contribution in [0.25, 0.3) is 0 Å². The van der Waals surface area contributed by atoms with E-state index >= 15 is 0 Å². The summed E-state index contributed by atoms with van der Waals surface area (Å²) in [5, 5.41) is 13.9. The van der Waals surface area contributed by atoms with Crippen LogP contribution in [-0.2, 0) is 0 Å². The van der Waals surface area contributed by atoms with Gasteiger partial charge in [-0.1, -0.05) is 40.9 Å². The minimum Gasteiger partial charge on any atom is -0.309 e. The number of hydrogen-bond acceptors (Lipinski definition) is 7. The fraction of sp³-hybridized carbons (Fsp3) is 0.455. The van der Waals surface area contributed by atoms with Gasteiger partial charge in [0.05, 0.1) is 0 Å². The minimum absolute atomic E-state index is 0.432. The van der Waals surface area contributed by atoms with E-state index in [4.69, 9.17) is 0 Å². The Morgan fingerprint density at radius 2 is 2.22 bits per heavy atom. The molecule has 0 aliphatic rings. The summed E-state index contributed by atoms with van der Waals surface area (Å²) in [6.07, 6.45) is 2.03. The molecule has 0 aromatic carbocycles. The van der Waals surface area contributed by atoms with Gasteiger partial charge in [0.2, 0.25) is 0 Å². The summed E-state index contributed by atoms with van der Waals surface area (Å²) in [6.45, 7) is 3.19. The van der Waals surface area contributed by atoms with Crippen molar-refractivity contribution in [3.05, 3.63) is 22.4 Å². The third kappa shape index (κ3) is 4.24. The molecule has 2 aromatic heterocycles. The van der Waals surface area contributed by atoms with Crippen molar-refractivity contribution < 1.29 is 0 Å². The highest BCUT2D eigenvalue weighted by molar-refractivity contribution is 8.02. The van der Waals surface area contributed by atoms with E-state index in [1.54, 1.807) is 46.2 Å². The van der Waals surface area contributed by atoms with Gasteiger partial charge in [-0.3, -0.25) is 0 Å². The molecule has 1 atom stereocenters. The molecule has 1 unspecified atom stereocenters. The van der Waals surface area contributed by atoms with Crippen molar-refractivity contribution >= 4 is 46.2 Å². The second kappa shape index (κ2) is 7.49. The first-order valence-corrected chi connectivity index (χ1v) is 9.47. The lowest BCUT2D eigenvalue weighted by molar-refractivity contribution is 0.610. The summed E-state index contributed by atoms with van der Waals surface area (Å²) < 4.78 is 2.10. The molecule has 2 aromatic rings. The third-order valence-corrected chi connectivity index (χ3v) is 6.40. The van der Waals surface area contributed by atoms with Crippen molar-refractivity contribution in [2.75, 3.05) is 18.6 Å². The second-order valence-corrected chi connectivity index (χ2v) is 7.93. The van der Waals surface area contributed by atoms with E-state index in [1.165, 1.54) is 4.88 Å². The number of thiophene rings is 1. The highest BCUT2D eigenvalue weighted by atomic mass is 32.2. The number of hydrogen-bond donors (Lipinski definition) is 1. The first kappa shape index (κ1) is 14.3. The van der Waals surface area contributed by atoms with Crippen LogP contribution in [0.15, 0.2) is 26.2 Å². The molecule has 0 spiro atoms. The Balaban J connectivity index is 1.67. The van der Waals surface area contributed by atoms with Gasteiger partial charge in [0.25, 0.3) is 0 Å². The quantitative estimate of drug-likeness (QED) is 0.621. The normalized spacial score (nSPS) is 12.8. The monoisotopic (exact) mass is 317 g/mol. The van der Waals surface area contributed by atoms with Gasteiger partial charge < -0.3 is 5.32 Å². The van der Waals surface area contributed by atoms with Crippen molar-refractivity contribution in [3.8, 4) is 0 Å². The van der Waals surface area contributed by atoms with Crippen molar-refractivity contribution in [2.45, 2.75) is 21.6 Å². The Labute approximate surface area is 124 Å². The molecule has 1 N–H and O–H groups in total. The summed E-state index contributed by atoms with van der Waals surface area (Å²) >= 11 is 6.88. The molecular formula is C11H15N3S4. The fourth-order valence-corrected chi connectivity index (χ4v) is 4.53. The van der Waals surface area contributed by atoms with E-state index in [2.05, 4.69) is 40.0 Å². The summed E-state index contributed by atoms with van der Waals surface area (Å²) in [5.74, 6) is 1.03. The molecule has 18 heavy (non-hydrogen) atoms. The van der Waals surface area contributed by atoms with Crippen molar-refractivity contribution in [3.63, 3.8) is 0 Å². The smallest absolute Gasteiger partial charge is 0.175 e. The van der Waals surface area contributed by atoms with Crippen LogP contribution in [0.3, 0.4) is 0 Å². The maximum Gasteiger partial charge on any atom is 0.175 e. The summed E-state index contributed by atoms with van der Waals surface area (Å²) in [7, 11) is 0. The SMILES string of the molecule is CSc1nnc(SCCNC(C)c2cccs2)s1. The van der Waals surface area contributed by atoms with Crippen LogP contribution in [0.1, 0.15) is 17.8 Å². The van der Waals surface area contributed by atoms with Gasteiger partial charge in [0.1, 0.15) is 0 Å². The highest BCUT2D eigenvalue weighted by Crippen LogP contribution is 2.27. The zero-order valence-corrected chi connectivity index (χ0v) is 13.5. The molecule has 7 heteroatoms. The lowest BCUT2D eigenvalue weighted by Gasteiger charge is -2.10. The van der Waals surface area contributed by atoms with Crippen LogP contribution < -0.4 is 5.32 Å². The van der Waals surface area contributed by atoms with Gasteiger partial charge in [-0.2, -0.15) is 0 Å². The van der Waals surface area contributed by atoms with Crippen molar-refractivity contribution in [2.24, 2.45) is 0 Å². The Hall–Kier alpha value is -0.0800. The summed E-state index contributed by atoms with van der Waals surface area (Å²) in [5.41, 5.74) is 0. The van der Waals surface area contributed by atoms with Gasteiger partial charge >= 0.3 is 0 Å². The maximum absolute atomic E-state index is 4.14. The largest absolute Gasteiger partial charge is 0.309 e. The summed E-state index contributed by atoms with van der Waals surface area (Å²) in [4.78, 5) is 1.39. The molecular weight excluding hydrogens is 302 g/mol. The Bertz CT molecular complexity index is 455. The first-order valence-electron chi connectivity index (χ1n) is 5.56. The number of aromatic nitrogens is 2. The average Bonchev–Trinajstić information content (AvgIpc) is 3.05. The first-order chi connectivity index (χ1) is 8.79. The standard InChI is InChI=1S/C11H15N3S4/c1-8(9-4-3-6-16-9)12-5-7-17-11-14-13-10(15-2)18-11/h3-4,6,8,12H,5,7H2,1-2H3. The van der Waals surface area contributed by atoms with Crippen LogP contribution in [0.2, 0.25) is 0 Å². The molecule has 0 amide bonds. The fourth-order valence-electron chi connectivity index (χ4n) is 1.39. The molecule has 0 radical (unpaired) electrons. The zero-order valence-electron chi connectivity index (χ0n) is 10.3. The van der Waals surface area contributed by atoms with E-state index < -0.39 is 0 Å². The van der Waals surface area contributed by atoms with Crippen LogP contribution in [-0.4, -0.2) is 28.8 Å². The topological polar surface area (TPSA) is 37.8 Å². The highest BCUT2D eigenvalue weighted by Gasteiger charge is 2.06. The van der Waals surface area contributed by atoms with E-state index in [9.17, 15) is 0 Å².